The maximum absolute atomic E-state index is 9.26. The Hall–Kier alpha value is -0.0800. The molecule has 0 aromatic heterocycles. The quantitative estimate of drug-likeness (QED) is 0.344. The van der Waals surface area contributed by atoms with E-state index in [1.807, 2.05) is 0 Å². The fourth-order valence-corrected chi connectivity index (χ4v) is 3.09. The molecule has 0 aromatic rings. The summed E-state index contributed by atoms with van der Waals surface area (Å²) in [5, 5.41) is 9.26. The van der Waals surface area contributed by atoms with Crippen molar-refractivity contribution in [2.75, 3.05) is 20.7 Å². The lowest BCUT2D eigenvalue weighted by Crippen LogP contribution is -2.31. The van der Waals surface area contributed by atoms with Crippen molar-refractivity contribution in [1.82, 2.24) is 4.90 Å². The normalized spacial score (nSPS) is 13.0. The molecule has 1 unspecified atom stereocenters. The molecule has 1 N–H and O–H groups in total. The molecule has 0 aliphatic rings. The van der Waals surface area contributed by atoms with Crippen LogP contribution in [0, 0.1) is 0 Å². The highest BCUT2D eigenvalue weighted by molar-refractivity contribution is 4.64. The molecule has 0 aliphatic heterocycles. The third-order valence-electron chi connectivity index (χ3n) is 4.83. The second-order valence-corrected chi connectivity index (χ2v) is 7.18. The molecule has 0 radical (unpaired) electrons. The summed E-state index contributed by atoms with van der Waals surface area (Å²) in [6.07, 6.45) is 20.9. The molecule has 0 heterocycles. The number of hydrogen-bond acceptors (Lipinski definition) is 2. The minimum absolute atomic E-state index is 0.297. The lowest BCUT2D eigenvalue weighted by atomic mass is 10.0. The third-order valence-corrected chi connectivity index (χ3v) is 4.83. The van der Waals surface area contributed by atoms with Crippen molar-refractivity contribution in [3.8, 4) is 0 Å². The van der Waals surface area contributed by atoms with E-state index in [2.05, 4.69) is 25.9 Å². The zero-order valence-corrected chi connectivity index (χ0v) is 15.8. The largest absolute Gasteiger partial charge is 0.395 e. The number of rotatable bonds is 17. The van der Waals surface area contributed by atoms with Crippen LogP contribution in [0.1, 0.15) is 103 Å². The van der Waals surface area contributed by atoms with Crippen LogP contribution in [-0.4, -0.2) is 36.8 Å². The van der Waals surface area contributed by atoms with E-state index in [1.165, 1.54) is 89.9 Å². The van der Waals surface area contributed by atoms with Crippen LogP contribution in [0.2, 0.25) is 0 Å². The van der Waals surface area contributed by atoms with E-state index in [0.29, 0.717) is 12.6 Å². The first-order chi connectivity index (χ1) is 10.7. The number of unbranched alkanes of at least 4 members (excludes halogenated alkanes) is 13. The summed E-state index contributed by atoms with van der Waals surface area (Å²) < 4.78 is 0. The zero-order valence-electron chi connectivity index (χ0n) is 15.8. The van der Waals surface area contributed by atoms with E-state index in [0.717, 1.165) is 6.42 Å². The Morgan fingerprint density at radius 3 is 1.32 bits per heavy atom. The minimum atomic E-state index is 0.297. The van der Waals surface area contributed by atoms with Gasteiger partial charge in [-0.05, 0) is 20.5 Å². The van der Waals surface area contributed by atoms with Gasteiger partial charge in [-0.25, -0.2) is 0 Å². The van der Waals surface area contributed by atoms with E-state index in [1.54, 1.807) is 0 Å². The van der Waals surface area contributed by atoms with Gasteiger partial charge in [-0.3, -0.25) is 0 Å². The summed E-state index contributed by atoms with van der Waals surface area (Å²) >= 11 is 0. The molecule has 2 heteroatoms. The van der Waals surface area contributed by atoms with Crippen LogP contribution in [0.15, 0.2) is 0 Å². The molecule has 0 amide bonds. The van der Waals surface area contributed by atoms with Crippen molar-refractivity contribution in [1.29, 1.82) is 0 Å². The van der Waals surface area contributed by atoms with E-state index in [-0.39, 0.29) is 0 Å². The molecule has 134 valence electrons. The van der Waals surface area contributed by atoms with Crippen LogP contribution in [0.3, 0.4) is 0 Å². The number of nitrogens with zero attached hydrogens (tertiary/aromatic N) is 1. The Balaban J connectivity index is 3.11. The molecule has 0 saturated carbocycles. The molecule has 0 spiro atoms. The van der Waals surface area contributed by atoms with Gasteiger partial charge in [-0.15, -0.1) is 0 Å². The molecule has 22 heavy (non-hydrogen) atoms. The highest BCUT2D eigenvalue weighted by Gasteiger charge is 2.08. The summed E-state index contributed by atoms with van der Waals surface area (Å²) in [5.74, 6) is 0. The van der Waals surface area contributed by atoms with Crippen molar-refractivity contribution in [3.05, 3.63) is 0 Å². The first kappa shape index (κ1) is 21.9. The Bertz CT molecular complexity index is 206. The molecule has 0 saturated heterocycles. The van der Waals surface area contributed by atoms with Crippen LogP contribution < -0.4 is 0 Å². The van der Waals surface area contributed by atoms with Crippen LogP contribution in [0.4, 0.5) is 0 Å². The monoisotopic (exact) mass is 313 g/mol. The van der Waals surface area contributed by atoms with Gasteiger partial charge in [-0.1, -0.05) is 96.8 Å². The first-order valence-electron chi connectivity index (χ1n) is 9.99. The van der Waals surface area contributed by atoms with E-state index in [9.17, 15) is 5.11 Å². The van der Waals surface area contributed by atoms with Gasteiger partial charge in [-0.2, -0.15) is 0 Å². The van der Waals surface area contributed by atoms with Crippen molar-refractivity contribution < 1.29 is 5.11 Å². The van der Waals surface area contributed by atoms with Gasteiger partial charge < -0.3 is 10.0 Å². The predicted molar refractivity (Wildman–Crippen MR) is 99.5 cm³/mol. The second kappa shape index (κ2) is 17.3. The van der Waals surface area contributed by atoms with Crippen LogP contribution in [0.25, 0.3) is 0 Å². The maximum Gasteiger partial charge on any atom is 0.0586 e. The summed E-state index contributed by atoms with van der Waals surface area (Å²) in [6, 6.07) is 0.359. The second-order valence-electron chi connectivity index (χ2n) is 7.18. The number of aliphatic hydroxyl groups excluding tert-OH is 1. The van der Waals surface area contributed by atoms with Crippen molar-refractivity contribution in [2.45, 2.75) is 109 Å². The summed E-state index contributed by atoms with van der Waals surface area (Å²) in [6.45, 7) is 2.58. The number of hydrogen-bond donors (Lipinski definition) is 1. The fourth-order valence-electron chi connectivity index (χ4n) is 3.09. The molecule has 1 atom stereocenters. The van der Waals surface area contributed by atoms with Gasteiger partial charge in [0, 0.05) is 6.04 Å². The van der Waals surface area contributed by atoms with Gasteiger partial charge in [0.25, 0.3) is 0 Å². The highest BCUT2D eigenvalue weighted by atomic mass is 16.3. The molecule has 0 bridgehead atoms. The van der Waals surface area contributed by atoms with Gasteiger partial charge in [0.15, 0.2) is 0 Å². The zero-order chi connectivity index (χ0) is 16.5. The summed E-state index contributed by atoms with van der Waals surface area (Å²) in [7, 11) is 4.12. The highest BCUT2D eigenvalue weighted by Crippen LogP contribution is 2.14. The van der Waals surface area contributed by atoms with Gasteiger partial charge in [0.05, 0.1) is 6.61 Å². The third kappa shape index (κ3) is 14.8. The Kier molecular flexibility index (Phi) is 17.2. The van der Waals surface area contributed by atoms with Gasteiger partial charge >= 0.3 is 0 Å². The lowest BCUT2D eigenvalue weighted by molar-refractivity contribution is 0.159. The molecule has 0 aliphatic carbocycles. The molecular weight excluding hydrogens is 270 g/mol. The van der Waals surface area contributed by atoms with Gasteiger partial charge in [0.1, 0.15) is 0 Å². The Morgan fingerprint density at radius 2 is 1.00 bits per heavy atom. The molecular formula is C20H43NO. The predicted octanol–water partition coefficient (Wildman–Crippen LogP) is 5.78. The fraction of sp³-hybridized carbons (Fsp3) is 1.00. The molecule has 2 nitrogen and oxygen atoms in total. The first-order valence-corrected chi connectivity index (χ1v) is 9.99. The van der Waals surface area contributed by atoms with E-state index >= 15 is 0 Å². The van der Waals surface area contributed by atoms with Crippen molar-refractivity contribution >= 4 is 0 Å². The standard InChI is InChI=1S/C20H43NO/c1-4-5-6-7-8-9-10-11-12-13-14-15-16-17-18-20(19-22)21(2)3/h20,22H,4-19H2,1-3H3. The minimum Gasteiger partial charge on any atom is -0.395 e. The van der Waals surface area contributed by atoms with Gasteiger partial charge in [0.2, 0.25) is 0 Å². The van der Waals surface area contributed by atoms with Crippen molar-refractivity contribution in [2.24, 2.45) is 0 Å². The Labute approximate surface area is 140 Å². The molecule has 0 fully saturated rings. The SMILES string of the molecule is CCCCCCCCCCCCCCCCC(CO)N(C)C. The topological polar surface area (TPSA) is 23.5 Å². The average Bonchev–Trinajstić information content (AvgIpc) is 2.51. The number of likely N-dealkylation sites (N-methyl/N-ethyl adjacent to an activating group) is 1. The van der Waals surface area contributed by atoms with Crippen LogP contribution in [0.5, 0.6) is 0 Å². The number of aliphatic hydroxyl groups is 1. The van der Waals surface area contributed by atoms with E-state index < -0.39 is 0 Å². The molecule has 0 rings (SSSR count). The summed E-state index contributed by atoms with van der Waals surface area (Å²) in [5.41, 5.74) is 0. The van der Waals surface area contributed by atoms with Crippen LogP contribution >= 0.6 is 0 Å². The Morgan fingerprint density at radius 1 is 0.636 bits per heavy atom. The average molecular weight is 314 g/mol. The maximum atomic E-state index is 9.26. The smallest absolute Gasteiger partial charge is 0.0586 e. The summed E-state index contributed by atoms with van der Waals surface area (Å²) in [4.78, 5) is 2.14. The van der Waals surface area contributed by atoms with E-state index in [4.69, 9.17) is 0 Å². The molecule has 0 aromatic carbocycles. The van der Waals surface area contributed by atoms with Crippen molar-refractivity contribution in [3.63, 3.8) is 0 Å². The van der Waals surface area contributed by atoms with Crippen LogP contribution in [-0.2, 0) is 0 Å². The lowest BCUT2D eigenvalue weighted by Gasteiger charge is -2.21.